The van der Waals surface area contributed by atoms with Gasteiger partial charge in [-0.15, -0.1) is 11.3 Å². The van der Waals surface area contributed by atoms with Gasteiger partial charge >= 0.3 is 24.3 Å². The van der Waals surface area contributed by atoms with Gasteiger partial charge < -0.3 is 15.1 Å². The van der Waals surface area contributed by atoms with E-state index in [0.29, 0.717) is 5.91 Å². The highest BCUT2D eigenvalue weighted by atomic mass is 32.1. The highest BCUT2D eigenvalue weighted by molar-refractivity contribution is 7.09. The van der Waals surface area contributed by atoms with E-state index in [9.17, 15) is 31.1 Å². The first kappa shape index (κ1) is 35.2. The molecular formula is C27H33F6N5O5S. The molecule has 5 heterocycles. The van der Waals surface area contributed by atoms with Crippen molar-refractivity contribution in [3.8, 4) is 0 Å². The minimum atomic E-state index is -5.08. The molecule has 2 aromatic heterocycles. The summed E-state index contributed by atoms with van der Waals surface area (Å²) in [6.45, 7) is 9.72. The van der Waals surface area contributed by atoms with E-state index < -0.39 is 24.3 Å². The first-order valence-electron chi connectivity index (χ1n) is 13.6. The lowest BCUT2D eigenvalue weighted by atomic mass is 9.60. The summed E-state index contributed by atoms with van der Waals surface area (Å²) in [5.41, 5.74) is 1.12. The maximum absolute atomic E-state index is 13.6. The van der Waals surface area contributed by atoms with Crippen LogP contribution in [0.4, 0.5) is 26.3 Å². The van der Waals surface area contributed by atoms with Gasteiger partial charge in [0.2, 0.25) is 5.91 Å². The molecule has 5 rings (SSSR count). The van der Waals surface area contributed by atoms with Crippen LogP contribution in [0.1, 0.15) is 36.8 Å². The fourth-order valence-electron chi connectivity index (χ4n) is 6.12. The Morgan fingerprint density at radius 1 is 0.932 bits per heavy atom. The highest BCUT2D eigenvalue weighted by Gasteiger charge is 2.64. The molecule has 1 atom stereocenters. The monoisotopic (exact) mass is 653 g/mol. The van der Waals surface area contributed by atoms with Gasteiger partial charge in [0, 0.05) is 62.1 Å². The number of carbonyl (C=O) groups is 3. The Morgan fingerprint density at radius 3 is 2.00 bits per heavy atom. The number of likely N-dealkylation sites (tertiary alicyclic amines) is 3. The summed E-state index contributed by atoms with van der Waals surface area (Å²) >= 11 is 1.74. The van der Waals surface area contributed by atoms with E-state index in [4.69, 9.17) is 19.8 Å². The Bertz CT molecular complexity index is 1230. The van der Waals surface area contributed by atoms with Crippen LogP contribution in [0.25, 0.3) is 0 Å². The molecule has 3 aliphatic rings. The number of thiazole rings is 1. The maximum atomic E-state index is 13.6. The molecule has 0 bridgehead atoms. The number of fused-ring (bicyclic) bond motifs is 1. The first-order chi connectivity index (χ1) is 20.5. The van der Waals surface area contributed by atoms with Gasteiger partial charge in [0.15, 0.2) is 0 Å². The van der Waals surface area contributed by atoms with Gasteiger partial charge in [-0.1, -0.05) is 6.07 Å². The Morgan fingerprint density at radius 2 is 1.55 bits per heavy atom. The fourth-order valence-corrected chi connectivity index (χ4v) is 6.78. The third kappa shape index (κ3) is 8.44. The molecule has 3 aliphatic heterocycles. The molecule has 244 valence electrons. The minimum Gasteiger partial charge on any atom is -0.475 e. The zero-order valence-electron chi connectivity index (χ0n) is 23.8. The molecule has 0 radical (unpaired) electrons. The minimum absolute atomic E-state index is 0.0928. The van der Waals surface area contributed by atoms with Gasteiger partial charge in [-0.05, 0) is 50.9 Å². The van der Waals surface area contributed by atoms with E-state index >= 15 is 0 Å². The van der Waals surface area contributed by atoms with Crippen LogP contribution in [0, 0.1) is 10.8 Å². The molecule has 2 spiro atoms. The summed E-state index contributed by atoms with van der Waals surface area (Å²) in [6, 6.07) is 4.16. The van der Waals surface area contributed by atoms with Crippen LogP contribution in [0.15, 0.2) is 36.1 Å². The van der Waals surface area contributed by atoms with Gasteiger partial charge in [-0.25, -0.2) is 14.6 Å². The highest BCUT2D eigenvalue weighted by Crippen LogP contribution is 2.58. The normalized spacial score (nSPS) is 22.0. The second kappa shape index (κ2) is 14.2. The van der Waals surface area contributed by atoms with Crippen molar-refractivity contribution in [1.29, 1.82) is 0 Å². The predicted molar refractivity (Wildman–Crippen MR) is 145 cm³/mol. The molecule has 44 heavy (non-hydrogen) atoms. The van der Waals surface area contributed by atoms with Crippen LogP contribution >= 0.6 is 11.3 Å². The Balaban J connectivity index is 0.000000317. The third-order valence-corrected chi connectivity index (χ3v) is 8.96. The average molecular weight is 654 g/mol. The van der Waals surface area contributed by atoms with E-state index in [0.717, 1.165) is 71.6 Å². The van der Waals surface area contributed by atoms with E-state index in [1.54, 1.807) is 11.3 Å². The molecule has 3 saturated heterocycles. The molecule has 10 nitrogen and oxygen atoms in total. The standard InChI is InChI=1S/C23H31N5OS.2C2HF3O2/c1-2-28-12-7-23(21(28)29)18-27(15-19-4-3-8-24-14-19)17-22(23)5-10-26(11-6-22)16-20-25-9-13-30-20;2*3-2(4,5)1(6)7/h3-4,8-9,13-14H,2,5-7,10-12,15-18H2,1H3;2*(H,6,7). The number of pyridine rings is 1. The molecule has 1 unspecified atom stereocenters. The fraction of sp³-hybridized carbons (Fsp3) is 0.593. The van der Waals surface area contributed by atoms with Crippen molar-refractivity contribution in [2.45, 2.75) is 51.6 Å². The van der Waals surface area contributed by atoms with E-state index in [1.807, 2.05) is 24.7 Å². The maximum Gasteiger partial charge on any atom is 0.490 e. The van der Waals surface area contributed by atoms with Crippen molar-refractivity contribution in [1.82, 2.24) is 24.7 Å². The Hall–Kier alpha value is -3.31. The molecule has 17 heteroatoms. The molecule has 1 amide bonds. The van der Waals surface area contributed by atoms with Crippen molar-refractivity contribution in [3.63, 3.8) is 0 Å². The third-order valence-electron chi connectivity index (χ3n) is 8.19. The number of carboxylic acid groups (broad SMARTS) is 2. The van der Waals surface area contributed by atoms with Gasteiger partial charge in [-0.3, -0.25) is 19.6 Å². The smallest absolute Gasteiger partial charge is 0.475 e. The number of amides is 1. The number of halogens is 6. The van der Waals surface area contributed by atoms with Crippen molar-refractivity contribution >= 4 is 29.2 Å². The lowest BCUT2D eigenvalue weighted by Gasteiger charge is -2.47. The van der Waals surface area contributed by atoms with Crippen LogP contribution in [0.5, 0.6) is 0 Å². The summed E-state index contributed by atoms with van der Waals surface area (Å²) in [5, 5.41) is 17.5. The van der Waals surface area contributed by atoms with E-state index in [1.165, 1.54) is 10.6 Å². The second-order valence-electron chi connectivity index (χ2n) is 10.8. The van der Waals surface area contributed by atoms with Gasteiger partial charge in [-0.2, -0.15) is 26.3 Å². The van der Waals surface area contributed by atoms with Crippen LogP contribution in [-0.4, -0.2) is 104 Å². The number of carbonyl (C=O) groups excluding carboxylic acids is 1. The average Bonchev–Trinajstić information content (AvgIpc) is 3.65. The number of aliphatic carboxylic acids is 2. The van der Waals surface area contributed by atoms with Crippen LogP contribution in [0.2, 0.25) is 0 Å². The van der Waals surface area contributed by atoms with E-state index in [2.05, 4.69) is 43.0 Å². The zero-order valence-corrected chi connectivity index (χ0v) is 24.6. The Labute approximate surface area is 253 Å². The number of hydrogen-bond donors (Lipinski definition) is 2. The van der Waals surface area contributed by atoms with Crippen molar-refractivity contribution in [2.24, 2.45) is 10.8 Å². The Kier molecular flexibility index (Phi) is 11.3. The molecule has 2 aromatic rings. The van der Waals surface area contributed by atoms with Crippen molar-refractivity contribution in [2.75, 3.05) is 39.3 Å². The summed E-state index contributed by atoms with van der Waals surface area (Å²) in [4.78, 5) is 47.3. The largest absolute Gasteiger partial charge is 0.490 e. The van der Waals surface area contributed by atoms with Crippen LogP contribution in [0.3, 0.4) is 0 Å². The predicted octanol–water partition coefficient (Wildman–Crippen LogP) is 4.14. The number of nitrogens with zero attached hydrogens (tertiary/aromatic N) is 5. The molecule has 0 aliphatic carbocycles. The number of alkyl halides is 6. The molecule has 0 saturated carbocycles. The van der Waals surface area contributed by atoms with Gasteiger partial charge in [0.25, 0.3) is 0 Å². The number of carboxylic acids is 2. The van der Waals surface area contributed by atoms with Crippen LogP contribution < -0.4 is 0 Å². The first-order valence-corrected chi connectivity index (χ1v) is 14.5. The summed E-state index contributed by atoms with van der Waals surface area (Å²) in [6.07, 6.45) is -1.27. The molecule has 0 aromatic carbocycles. The number of hydrogen-bond acceptors (Lipinski definition) is 8. The topological polar surface area (TPSA) is 127 Å². The SMILES string of the molecule is CCN1CCC2(CN(Cc3cccnc3)CC23CCN(Cc2nccs2)CC3)C1=O.O=C(O)C(F)(F)F.O=C(O)C(F)(F)F. The molecule has 2 N–H and O–H groups in total. The van der Waals surface area contributed by atoms with Crippen LogP contribution in [-0.2, 0) is 27.5 Å². The van der Waals surface area contributed by atoms with Crippen molar-refractivity contribution in [3.05, 3.63) is 46.7 Å². The molecule has 3 fully saturated rings. The van der Waals surface area contributed by atoms with Gasteiger partial charge in [0.05, 0.1) is 12.0 Å². The number of piperidine rings is 1. The lowest BCUT2D eigenvalue weighted by molar-refractivity contribution is -0.193. The summed E-state index contributed by atoms with van der Waals surface area (Å²) in [7, 11) is 0. The quantitative estimate of drug-likeness (QED) is 0.458. The summed E-state index contributed by atoms with van der Waals surface area (Å²) in [5.74, 6) is -5.10. The second-order valence-corrected chi connectivity index (χ2v) is 11.8. The van der Waals surface area contributed by atoms with Crippen molar-refractivity contribution < 1.29 is 50.9 Å². The number of rotatable bonds is 5. The molecular weight excluding hydrogens is 620 g/mol. The number of aromatic nitrogens is 2. The van der Waals surface area contributed by atoms with Gasteiger partial charge in [0.1, 0.15) is 5.01 Å². The van der Waals surface area contributed by atoms with E-state index in [-0.39, 0.29) is 10.8 Å². The zero-order chi connectivity index (χ0) is 32.8. The summed E-state index contributed by atoms with van der Waals surface area (Å²) < 4.78 is 63.5. The lowest BCUT2D eigenvalue weighted by Crippen LogP contribution is -2.52.